The second-order valence-electron chi connectivity index (χ2n) is 9.79. The molecule has 2 N–H and O–H groups in total. The first-order valence-corrected chi connectivity index (χ1v) is 13.0. The molecule has 4 aromatic carbocycles. The summed E-state index contributed by atoms with van der Waals surface area (Å²) in [4.78, 5) is 36.8. The van der Waals surface area contributed by atoms with Gasteiger partial charge < -0.3 is 9.97 Å². The van der Waals surface area contributed by atoms with Crippen molar-refractivity contribution in [3.63, 3.8) is 0 Å². The van der Waals surface area contributed by atoms with E-state index in [1.807, 2.05) is 97.1 Å². The Morgan fingerprint density at radius 1 is 0.295 bits per heavy atom. The quantitative estimate of drug-likeness (QED) is 0.169. The number of halogens is 4. The Kier molecular flexibility index (Phi) is 8.29. The van der Waals surface area contributed by atoms with Gasteiger partial charge in [0.1, 0.15) is 22.6 Å². The minimum absolute atomic E-state index is 0. The van der Waals surface area contributed by atoms with Gasteiger partial charge >= 0.3 is 0 Å². The Hall–Kier alpha value is -4.60. The van der Waals surface area contributed by atoms with E-state index in [4.69, 9.17) is 29.9 Å². The van der Waals surface area contributed by atoms with Crippen LogP contribution in [0, 0.1) is 0 Å². The van der Waals surface area contributed by atoms with E-state index in [0.717, 1.165) is 43.8 Å². The molecule has 8 bridgehead atoms. The van der Waals surface area contributed by atoms with Gasteiger partial charge in [-0.25, -0.2) is 29.9 Å². The van der Waals surface area contributed by atoms with E-state index in [2.05, 4.69) is 9.97 Å². The molecule has 12 heteroatoms. The molecule has 7 aromatic rings. The zero-order valence-corrected chi connectivity index (χ0v) is 25.8. The molecule has 44 heavy (non-hydrogen) atoms. The molecule has 3 aromatic heterocycles. The maximum absolute atomic E-state index is 5.02. The van der Waals surface area contributed by atoms with Crippen LogP contribution in [0.1, 0.15) is 0 Å². The lowest BCUT2D eigenvalue weighted by Crippen LogP contribution is -1.82. The lowest BCUT2D eigenvalue weighted by molar-refractivity contribution is 1.19. The van der Waals surface area contributed by atoms with Crippen LogP contribution in [0.2, 0.25) is 0 Å². The number of fused-ring (bicyclic) bond motifs is 20. The molecule has 0 atom stereocenters. The fourth-order valence-electron chi connectivity index (χ4n) is 5.59. The maximum Gasteiger partial charge on any atom is 0.164 e. The van der Waals surface area contributed by atoms with Crippen molar-refractivity contribution in [1.82, 2.24) is 39.9 Å². The van der Waals surface area contributed by atoms with E-state index in [0.29, 0.717) is 45.9 Å². The molecule has 5 heterocycles. The molecule has 0 fully saturated rings. The van der Waals surface area contributed by atoms with Gasteiger partial charge in [-0.1, -0.05) is 97.1 Å². The first-order valence-electron chi connectivity index (χ1n) is 13.0. The second kappa shape index (κ2) is 11.8. The summed E-state index contributed by atoms with van der Waals surface area (Å²) in [6, 6.07) is 32.2. The predicted molar refractivity (Wildman–Crippen MR) is 185 cm³/mol. The van der Waals surface area contributed by atoms with Gasteiger partial charge in [0, 0.05) is 43.8 Å². The van der Waals surface area contributed by atoms with Gasteiger partial charge in [0.2, 0.25) is 0 Å². The van der Waals surface area contributed by atoms with Gasteiger partial charge in [0.05, 0.1) is 0 Å². The summed E-state index contributed by atoms with van der Waals surface area (Å²) in [5, 5.41) is 3.82. The van der Waals surface area contributed by atoms with Crippen LogP contribution in [0.25, 0.3) is 89.7 Å². The van der Waals surface area contributed by atoms with E-state index in [-0.39, 0.29) is 49.6 Å². The lowest BCUT2D eigenvalue weighted by atomic mass is 10.1. The number of nitrogens with zero attached hydrogens (tertiary/aromatic N) is 6. The highest BCUT2D eigenvalue weighted by molar-refractivity contribution is 6.06. The summed E-state index contributed by atoms with van der Waals surface area (Å²) in [6.45, 7) is 0. The number of aromatic amines is 2. The summed E-state index contributed by atoms with van der Waals surface area (Å²) in [7, 11) is 0. The van der Waals surface area contributed by atoms with Crippen molar-refractivity contribution in [3.8, 4) is 45.6 Å². The van der Waals surface area contributed by atoms with Crippen LogP contribution in [-0.2, 0) is 0 Å². The first kappa shape index (κ1) is 30.8. The van der Waals surface area contributed by atoms with Crippen molar-refractivity contribution < 1.29 is 0 Å². The number of benzene rings is 4. The molecule has 0 radical (unpaired) electrons. The highest BCUT2D eigenvalue weighted by Crippen LogP contribution is 2.36. The average Bonchev–Trinajstić information content (AvgIpc) is 3.73. The van der Waals surface area contributed by atoms with Crippen LogP contribution in [0.15, 0.2) is 97.1 Å². The molecule has 0 aliphatic carbocycles. The van der Waals surface area contributed by atoms with Gasteiger partial charge in [-0.15, -0.1) is 49.6 Å². The summed E-state index contributed by atoms with van der Waals surface area (Å²) in [6.07, 6.45) is 0. The molecule has 0 saturated heterocycles. The minimum atomic E-state index is 0. The van der Waals surface area contributed by atoms with Crippen molar-refractivity contribution in [2.75, 3.05) is 0 Å². The van der Waals surface area contributed by atoms with Gasteiger partial charge in [0.15, 0.2) is 23.3 Å². The van der Waals surface area contributed by atoms with E-state index < -0.39 is 0 Å². The number of rotatable bonds is 0. The normalized spacial score (nSPS) is 10.9. The fourth-order valence-corrected chi connectivity index (χ4v) is 5.59. The van der Waals surface area contributed by atoms with Gasteiger partial charge in [-0.3, -0.25) is 0 Å². The third-order valence-corrected chi connectivity index (χ3v) is 7.46. The zero-order valence-electron chi connectivity index (χ0n) is 22.6. The first-order chi connectivity index (χ1) is 19.8. The Bertz CT molecular complexity index is 2050. The predicted octanol–water partition coefficient (Wildman–Crippen LogP) is 8.56. The molecule has 0 unspecified atom stereocenters. The zero-order chi connectivity index (χ0) is 26.2. The van der Waals surface area contributed by atoms with Gasteiger partial charge in [-0.2, -0.15) is 0 Å². The molecule has 0 saturated carbocycles. The van der Waals surface area contributed by atoms with Crippen LogP contribution < -0.4 is 0 Å². The summed E-state index contributed by atoms with van der Waals surface area (Å²) in [5.41, 5.74) is 6.45. The topological polar surface area (TPSA) is 109 Å². The summed E-state index contributed by atoms with van der Waals surface area (Å²) >= 11 is 0. The lowest BCUT2D eigenvalue weighted by Gasteiger charge is -1.96. The molecule has 2 aliphatic rings. The average molecular weight is 660 g/mol. The fraction of sp³-hybridized carbons (Fsp3) is 0. The molecule has 0 amide bonds. The monoisotopic (exact) mass is 658 g/mol. The van der Waals surface area contributed by atoms with Crippen molar-refractivity contribution >= 4 is 93.8 Å². The molecule has 218 valence electrons. The maximum atomic E-state index is 5.02. The van der Waals surface area contributed by atoms with E-state index in [9.17, 15) is 0 Å². The highest BCUT2D eigenvalue weighted by Gasteiger charge is 2.21. The van der Waals surface area contributed by atoms with Crippen molar-refractivity contribution in [3.05, 3.63) is 97.1 Å². The molecule has 0 spiro atoms. The van der Waals surface area contributed by atoms with Crippen molar-refractivity contribution in [1.29, 1.82) is 0 Å². The van der Waals surface area contributed by atoms with Crippen LogP contribution in [0.5, 0.6) is 0 Å². The summed E-state index contributed by atoms with van der Waals surface area (Å²) in [5.74, 6) is 2.39. The molecule has 9 rings (SSSR count). The highest BCUT2D eigenvalue weighted by atomic mass is 35.5. The van der Waals surface area contributed by atoms with E-state index in [1.165, 1.54) is 0 Å². The molecular formula is C32H22Cl4N8. The number of nitrogens with one attached hydrogen (secondary N) is 2. The summed E-state index contributed by atoms with van der Waals surface area (Å²) < 4.78 is 0. The number of hydrogen-bond acceptors (Lipinski definition) is 6. The smallest absolute Gasteiger partial charge is 0.164 e. The Balaban J connectivity index is 0.000000960. The Morgan fingerprint density at radius 2 is 0.523 bits per heavy atom. The van der Waals surface area contributed by atoms with E-state index >= 15 is 0 Å². The van der Waals surface area contributed by atoms with Crippen molar-refractivity contribution in [2.24, 2.45) is 0 Å². The Labute approximate surface area is 275 Å². The molecule has 2 aliphatic heterocycles. The standard InChI is InChI=1S/C32H18N8.4ClH/c1-2-10-18-17(9-1)25-33-26(18)38-28-21-13-5-6-14-22(21)30(35-28)40-32-24-16-8-7-15-23(24)31(36-32)39-29-20-12-4-3-11-19(20)27(34-29)37-25;;;;/h1-16H,(H2,33,34,35,36,37,38,39,40);4*1H. The number of hydrogen-bond donors (Lipinski definition) is 2. The van der Waals surface area contributed by atoms with Crippen LogP contribution >= 0.6 is 49.6 Å². The van der Waals surface area contributed by atoms with Gasteiger partial charge in [-0.05, 0) is 0 Å². The SMILES string of the molecule is Cl.Cl.Cl.Cl.c1ccc2c(c1)-c1nc-2nc2[nH]c(nc3nc(nc4[nH]c(n1)c1ccccc41)-c1ccccc1-3)c1ccccc21. The number of H-pyrrole nitrogens is 2. The third kappa shape index (κ3) is 4.63. The number of aromatic nitrogens is 8. The van der Waals surface area contributed by atoms with Crippen molar-refractivity contribution in [2.45, 2.75) is 0 Å². The third-order valence-electron chi connectivity index (χ3n) is 7.46. The molecular weight excluding hydrogens is 638 g/mol. The van der Waals surface area contributed by atoms with Crippen LogP contribution in [0.3, 0.4) is 0 Å². The minimum Gasteiger partial charge on any atom is -0.324 e. The van der Waals surface area contributed by atoms with Crippen LogP contribution in [0.4, 0.5) is 0 Å². The van der Waals surface area contributed by atoms with Gasteiger partial charge in [0.25, 0.3) is 0 Å². The van der Waals surface area contributed by atoms with E-state index in [1.54, 1.807) is 0 Å². The Morgan fingerprint density at radius 3 is 0.773 bits per heavy atom. The second-order valence-corrected chi connectivity index (χ2v) is 9.79. The molecule has 8 nitrogen and oxygen atoms in total. The largest absolute Gasteiger partial charge is 0.324 e. The van der Waals surface area contributed by atoms with Crippen LogP contribution in [-0.4, -0.2) is 39.9 Å².